The van der Waals surface area contributed by atoms with Gasteiger partial charge in [0.2, 0.25) is 0 Å². The summed E-state index contributed by atoms with van der Waals surface area (Å²) < 4.78 is 26.5. The summed E-state index contributed by atoms with van der Waals surface area (Å²) >= 11 is 6.84. The lowest BCUT2D eigenvalue weighted by molar-refractivity contribution is 0.488. The number of benzene rings is 1. The van der Waals surface area contributed by atoms with Gasteiger partial charge in [0.1, 0.15) is 0 Å². The Morgan fingerprint density at radius 1 is 1.29 bits per heavy atom. The predicted octanol–water partition coefficient (Wildman–Crippen LogP) is 4.05. The van der Waals surface area contributed by atoms with E-state index in [0.717, 1.165) is 14.5 Å². The van der Waals surface area contributed by atoms with E-state index in [1.54, 1.807) is 0 Å². The van der Waals surface area contributed by atoms with Crippen molar-refractivity contribution in [3.05, 3.63) is 27.1 Å². The first-order chi connectivity index (χ1) is 9.70. The van der Waals surface area contributed by atoms with Crippen LogP contribution < -0.4 is 0 Å². The van der Waals surface area contributed by atoms with Crippen molar-refractivity contribution in [3.8, 4) is 11.4 Å². The maximum absolute atomic E-state index is 11.7. The minimum atomic E-state index is -3.95. The lowest BCUT2D eigenvalue weighted by Crippen LogP contribution is -2.12. The average Bonchev–Trinajstić information content (AvgIpc) is 2.74. The van der Waals surface area contributed by atoms with E-state index in [-0.39, 0.29) is 11.1 Å². The first-order valence-corrected chi connectivity index (χ1v) is 9.93. The quantitative estimate of drug-likeness (QED) is 0.650. The predicted molar refractivity (Wildman–Crippen MR) is 88.7 cm³/mol. The molecule has 0 aliphatic rings. The average molecular weight is 458 g/mol. The molecule has 21 heavy (non-hydrogen) atoms. The molecule has 0 aliphatic carbocycles. The summed E-state index contributed by atoms with van der Waals surface area (Å²) in [6.07, 6.45) is 0. The van der Waals surface area contributed by atoms with E-state index < -0.39 is 9.05 Å². The van der Waals surface area contributed by atoms with Crippen molar-refractivity contribution in [1.82, 2.24) is 14.8 Å². The Bertz CT molecular complexity index is 775. The molecule has 1 aromatic carbocycles. The van der Waals surface area contributed by atoms with Gasteiger partial charge in [0.25, 0.3) is 14.2 Å². The molecule has 9 heteroatoms. The van der Waals surface area contributed by atoms with Crippen LogP contribution in [-0.4, -0.2) is 23.2 Å². The number of rotatable bonds is 4. The summed E-state index contributed by atoms with van der Waals surface area (Å²) in [5.41, 5.74) is 0.740. The molecular formula is C12H12Br2ClN3O2S. The van der Waals surface area contributed by atoms with Gasteiger partial charge in [-0.25, -0.2) is 8.42 Å². The van der Waals surface area contributed by atoms with Crippen molar-refractivity contribution in [2.75, 3.05) is 0 Å². The first-order valence-electron chi connectivity index (χ1n) is 6.03. The molecule has 0 saturated carbocycles. The molecule has 1 heterocycles. The molecule has 0 atom stereocenters. The fraction of sp³-hybridized carbons (Fsp3) is 0.333. The van der Waals surface area contributed by atoms with Gasteiger partial charge in [0, 0.05) is 31.7 Å². The second kappa shape index (κ2) is 6.36. The summed E-state index contributed by atoms with van der Waals surface area (Å²) in [6.45, 7) is 4.40. The van der Waals surface area contributed by atoms with Crippen LogP contribution >= 0.6 is 42.5 Å². The Morgan fingerprint density at radius 3 is 2.52 bits per heavy atom. The van der Waals surface area contributed by atoms with Gasteiger partial charge in [-0.05, 0) is 24.1 Å². The minimum Gasteiger partial charge on any atom is -0.297 e. The highest BCUT2D eigenvalue weighted by molar-refractivity contribution is 9.11. The number of hydrogen-bond donors (Lipinski definition) is 0. The van der Waals surface area contributed by atoms with E-state index in [9.17, 15) is 8.42 Å². The topological polar surface area (TPSA) is 64.8 Å². The summed E-state index contributed by atoms with van der Waals surface area (Å²) in [5, 5.41) is 7.51. The summed E-state index contributed by atoms with van der Waals surface area (Å²) in [5.74, 6) is 0.666. The van der Waals surface area contributed by atoms with Crippen LogP contribution in [-0.2, 0) is 15.6 Å². The van der Waals surface area contributed by atoms with Crippen LogP contribution in [0.1, 0.15) is 13.8 Å². The lowest BCUT2D eigenvalue weighted by atomic mass is 10.2. The molecule has 0 bridgehead atoms. The van der Waals surface area contributed by atoms with Gasteiger partial charge in [0.05, 0.1) is 0 Å². The van der Waals surface area contributed by atoms with Crippen molar-refractivity contribution in [3.63, 3.8) is 0 Å². The first kappa shape index (κ1) is 16.9. The smallest absolute Gasteiger partial charge is 0.296 e. The van der Waals surface area contributed by atoms with E-state index in [1.165, 1.54) is 4.57 Å². The molecule has 1 aromatic heterocycles. The van der Waals surface area contributed by atoms with Crippen molar-refractivity contribution in [1.29, 1.82) is 0 Å². The molecule has 0 amide bonds. The molecule has 0 saturated heterocycles. The number of halogens is 3. The second-order valence-electron chi connectivity index (χ2n) is 4.87. The van der Waals surface area contributed by atoms with Gasteiger partial charge >= 0.3 is 0 Å². The van der Waals surface area contributed by atoms with Gasteiger partial charge in [0.15, 0.2) is 5.82 Å². The zero-order chi connectivity index (χ0) is 15.8. The zero-order valence-electron chi connectivity index (χ0n) is 11.2. The summed E-state index contributed by atoms with van der Waals surface area (Å²) in [4.78, 5) is 0. The minimum absolute atomic E-state index is 0.211. The molecule has 0 aliphatic heterocycles. The van der Waals surface area contributed by atoms with E-state index in [4.69, 9.17) is 10.7 Å². The molecule has 0 fully saturated rings. The fourth-order valence-corrected chi connectivity index (χ4v) is 3.56. The third kappa shape index (κ3) is 3.85. The highest BCUT2D eigenvalue weighted by atomic mass is 79.9. The number of nitrogens with zero attached hydrogens (tertiary/aromatic N) is 3. The SMILES string of the molecule is CC(C)Cn1c(-c2cc(Br)ccc2Br)nnc1S(=O)(=O)Cl. The van der Waals surface area contributed by atoms with Gasteiger partial charge < -0.3 is 0 Å². The second-order valence-corrected chi connectivity index (χ2v) is 9.10. The van der Waals surface area contributed by atoms with Gasteiger partial charge in [-0.1, -0.05) is 45.7 Å². The van der Waals surface area contributed by atoms with Crippen LogP contribution in [0.15, 0.2) is 32.3 Å². The number of aromatic nitrogens is 3. The van der Waals surface area contributed by atoms with E-state index in [2.05, 4.69) is 42.1 Å². The molecule has 114 valence electrons. The van der Waals surface area contributed by atoms with Gasteiger partial charge in [-0.15, -0.1) is 10.2 Å². The molecular weight excluding hydrogens is 445 g/mol. The Labute approximate surface area is 144 Å². The molecule has 0 N–H and O–H groups in total. The maximum Gasteiger partial charge on any atom is 0.296 e. The molecule has 2 aromatic rings. The maximum atomic E-state index is 11.7. The van der Waals surface area contributed by atoms with Crippen LogP contribution in [0.4, 0.5) is 0 Å². The van der Waals surface area contributed by atoms with Crippen molar-refractivity contribution in [2.24, 2.45) is 5.92 Å². The largest absolute Gasteiger partial charge is 0.297 e. The Balaban J connectivity index is 2.69. The molecule has 0 spiro atoms. The van der Waals surface area contributed by atoms with Crippen LogP contribution in [0.3, 0.4) is 0 Å². The molecule has 0 unspecified atom stereocenters. The van der Waals surface area contributed by atoms with Crippen molar-refractivity contribution >= 4 is 51.6 Å². The lowest BCUT2D eigenvalue weighted by Gasteiger charge is -2.12. The highest BCUT2D eigenvalue weighted by Crippen LogP contribution is 2.31. The fourth-order valence-electron chi connectivity index (χ4n) is 1.87. The van der Waals surface area contributed by atoms with Gasteiger partial charge in [-0.2, -0.15) is 0 Å². The van der Waals surface area contributed by atoms with E-state index >= 15 is 0 Å². The monoisotopic (exact) mass is 455 g/mol. The Morgan fingerprint density at radius 2 is 1.95 bits per heavy atom. The number of hydrogen-bond acceptors (Lipinski definition) is 4. The van der Waals surface area contributed by atoms with E-state index in [0.29, 0.717) is 12.4 Å². The standard InChI is InChI=1S/C12H12Br2ClN3O2S/c1-7(2)6-18-11(16-17-12(18)21(15,19)20)9-5-8(13)3-4-10(9)14/h3-5,7H,6H2,1-2H3. The van der Waals surface area contributed by atoms with E-state index in [1.807, 2.05) is 32.0 Å². The Hall–Kier alpha value is -0.440. The molecule has 5 nitrogen and oxygen atoms in total. The summed E-state index contributed by atoms with van der Waals surface area (Å²) in [7, 11) is 1.49. The third-order valence-corrected chi connectivity index (χ3v) is 4.99. The Kier molecular flexibility index (Phi) is 5.12. The normalized spacial score (nSPS) is 12.1. The highest BCUT2D eigenvalue weighted by Gasteiger charge is 2.24. The van der Waals surface area contributed by atoms with Crippen LogP contribution in [0.25, 0.3) is 11.4 Å². The van der Waals surface area contributed by atoms with Crippen LogP contribution in [0.2, 0.25) is 0 Å². The zero-order valence-corrected chi connectivity index (χ0v) is 16.0. The van der Waals surface area contributed by atoms with Crippen molar-refractivity contribution in [2.45, 2.75) is 25.5 Å². The van der Waals surface area contributed by atoms with Crippen molar-refractivity contribution < 1.29 is 8.42 Å². The van der Waals surface area contributed by atoms with Crippen LogP contribution in [0, 0.1) is 5.92 Å². The third-order valence-electron chi connectivity index (χ3n) is 2.65. The summed E-state index contributed by atoms with van der Waals surface area (Å²) in [6, 6.07) is 5.56. The molecule has 2 rings (SSSR count). The van der Waals surface area contributed by atoms with Gasteiger partial charge in [-0.3, -0.25) is 4.57 Å². The molecule has 0 radical (unpaired) electrons. The van der Waals surface area contributed by atoms with Crippen LogP contribution in [0.5, 0.6) is 0 Å².